The van der Waals surface area contributed by atoms with Gasteiger partial charge in [0.15, 0.2) is 5.11 Å². The van der Waals surface area contributed by atoms with Gasteiger partial charge in [-0.15, -0.1) is 0 Å². The monoisotopic (exact) mass is 194 g/mol. The third-order valence-electron chi connectivity index (χ3n) is 1.31. The van der Waals surface area contributed by atoms with E-state index in [1.165, 1.54) is 0 Å². The maximum absolute atomic E-state index is 5.17. The van der Waals surface area contributed by atoms with Crippen LogP contribution in [0.2, 0.25) is 0 Å². The molecule has 0 amide bonds. The summed E-state index contributed by atoms with van der Waals surface area (Å²) in [6.07, 6.45) is 3.28. The minimum Gasteiger partial charge on any atom is -0.375 e. The second-order valence-corrected chi connectivity index (χ2v) is 2.93. The Morgan fingerprint density at radius 1 is 1.77 bits per heavy atom. The van der Waals surface area contributed by atoms with Crippen LogP contribution in [0.3, 0.4) is 0 Å². The lowest BCUT2D eigenvalue weighted by Gasteiger charge is -1.95. The highest BCUT2D eigenvalue weighted by Gasteiger charge is 1.88. The highest BCUT2D eigenvalue weighted by molar-refractivity contribution is 7.80. The van der Waals surface area contributed by atoms with E-state index in [1.54, 1.807) is 12.4 Å². The molecular weight excluding hydrogens is 184 g/mol. The molecule has 0 aromatic carbocycles. The molecule has 0 atom stereocenters. The second kappa shape index (κ2) is 4.51. The first-order valence-corrected chi connectivity index (χ1v) is 4.10. The molecule has 68 valence electrons. The molecule has 13 heavy (non-hydrogen) atoms. The molecule has 5 heteroatoms. The molecule has 0 aliphatic rings. The van der Waals surface area contributed by atoms with E-state index in [0.29, 0.717) is 0 Å². The zero-order chi connectivity index (χ0) is 9.68. The molecule has 1 aromatic rings. The Morgan fingerprint density at radius 2 is 2.54 bits per heavy atom. The molecule has 1 heterocycles. The summed E-state index contributed by atoms with van der Waals surface area (Å²) >= 11 is 4.57. The number of aryl methyl sites for hydroxylation is 1. The molecule has 3 N–H and O–H groups in total. The number of aromatic nitrogens is 1. The summed E-state index contributed by atoms with van der Waals surface area (Å²) in [5.74, 6) is 0. The molecule has 0 unspecified atom stereocenters. The second-order valence-electron chi connectivity index (χ2n) is 2.49. The van der Waals surface area contributed by atoms with Crippen molar-refractivity contribution in [3.8, 4) is 0 Å². The minimum absolute atomic E-state index is 0.143. The Morgan fingerprint density at radius 3 is 3.15 bits per heavy atom. The molecule has 0 saturated heterocycles. The first kappa shape index (κ1) is 9.60. The number of hydrogen-bond acceptors (Lipinski definition) is 3. The Hall–Kier alpha value is -1.49. The van der Waals surface area contributed by atoms with Gasteiger partial charge < -0.3 is 5.73 Å². The predicted molar refractivity (Wildman–Crippen MR) is 56.5 cm³/mol. The summed E-state index contributed by atoms with van der Waals surface area (Å²) in [7, 11) is 0. The zero-order valence-electron chi connectivity index (χ0n) is 7.19. The van der Waals surface area contributed by atoms with E-state index in [1.807, 2.05) is 19.1 Å². The standard InChI is InChI=1S/C8H10N4S/c1-6-2-3-10-7(4-6)5-11-12-8(9)13/h2-5H,1H3,(H3,9,12,13)/b11-5+. The van der Waals surface area contributed by atoms with Gasteiger partial charge in [-0.05, 0) is 36.8 Å². The van der Waals surface area contributed by atoms with Crippen LogP contribution in [0, 0.1) is 6.92 Å². The van der Waals surface area contributed by atoms with Gasteiger partial charge in [-0.2, -0.15) is 5.10 Å². The fourth-order valence-electron chi connectivity index (χ4n) is 0.792. The third kappa shape index (κ3) is 3.62. The van der Waals surface area contributed by atoms with E-state index in [4.69, 9.17) is 5.73 Å². The summed E-state index contributed by atoms with van der Waals surface area (Å²) in [4.78, 5) is 4.06. The fraction of sp³-hybridized carbons (Fsp3) is 0.125. The number of pyridine rings is 1. The third-order valence-corrected chi connectivity index (χ3v) is 1.40. The van der Waals surface area contributed by atoms with Crippen LogP contribution < -0.4 is 11.2 Å². The quantitative estimate of drug-likeness (QED) is 0.410. The largest absolute Gasteiger partial charge is 0.375 e. The maximum atomic E-state index is 5.17. The molecule has 0 aliphatic carbocycles. The average molecular weight is 194 g/mol. The van der Waals surface area contributed by atoms with E-state index < -0.39 is 0 Å². The Balaban J connectivity index is 2.63. The van der Waals surface area contributed by atoms with Crippen molar-refractivity contribution in [2.24, 2.45) is 10.8 Å². The Kier molecular flexibility index (Phi) is 3.33. The number of rotatable bonds is 2. The van der Waals surface area contributed by atoms with Crippen LogP contribution in [-0.2, 0) is 0 Å². The van der Waals surface area contributed by atoms with E-state index >= 15 is 0 Å². The molecule has 1 rings (SSSR count). The number of hydrogen-bond donors (Lipinski definition) is 2. The SMILES string of the molecule is Cc1ccnc(/C=N/NC(N)=S)c1. The predicted octanol–water partition coefficient (Wildman–Crippen LogP) is 0.557. The van der Waals surface area contributed by atoms with Crippen molar-refractivity contribution < 1.29 is 0 Å². The lowest BCUT2D eigenvalue weighted by atomic mass is 10.2. The van der Waals surface area contributed by atoms with Crippen LogP contribution in [0.5, 0.6) is 0 Å². The Bertz CT molecular complexity index is 335. The van der Waals surface area contributed by atoms with Gasteiger partial charge in [0.2, 0.25) is 0 Å². The molecule has 0 radical (unpaired) electrons. The van der Waals surface area contributed by atoms with Gasteiger partial charge in [0.25, 0.3) is 0 Å². The summed E-state index contributed by atoms with van der Waals surface area (Å²) in [5, 5.41) is 3.92. The summed E-state index contributed by atoms with van der Waals surface area (Å²) in [5.41, 5.74) is 9.52. The Labute approximate surface area is 81.9 Å². The summed E-state index contributed by atoms with van der Waals surface area (Å²) in [6, 6.07) is 3.82. The van der Waals surface area contributed by atoms with E-state index in [-0.39, 0.29) is 5.11 Å². The van der Waals surface area contributed by atoms with E-state index in [9.17, 15) is 0 Å². The van der Waals surface area contributed by atoms with Crippen LogP contribution >= 0.6 is 12.2 Å². The lowest BCUT2D eigenvalue weighted by Crippen LogP contribution is -2.24. The number of nitrogens with zero attached hydrogens (tertiary/aromatic N) is 2. The highest BCUT2D eigenvalue weighted by Crippen LogP contribution is 1.96. The fourth-order valence-corrected chi connectivity index (χ4v) is 0.845. The molecule has 4 nitrogen and oxygen atoms in total. The normalized spacial score (nSPS) is 10.2. The lowest BCUT2D eigenvalue weighted by molar-refractivity contribution is 1.04. The molecule has 0 aliphatic heterocycles. The van der Waals surface area contributed by atoms with Crippen molar-refractivity contribution in [3.05, 3.63) is 29.6 Å². The van der Waals surface area contributed by atoms with Gasteiger partial charge in [0.1, 0.15) is 0 Å². The van der Waals surface area contributed by atoms with Gasteiger partial charge in [0.05, 0.1) is 11.9 Å². The van der Waals surface area contributed by atoms with Gasteiger partial charge in [-0.1, -0.05) is 0 Å². The highest BCUT2D eigenvalue weighted by atomic mass is 32.1. The van der Waals surface area contributed by atoms with E-state index in [0.717, 1.165) is 11.3 Å². The van der Waals surface area contributed by atoms with Crippen molar-refractivity contribution >= 4 is 23.5 Å². The average Bonchev–Trinajstić information content (AvgIpc) is 2.03. The molecule has 0 spiro atoms. The molecule has 0 saturated carbocycles. The van der Waals surface area contributed by atoms with Crippen molar-refractivity contribution in [2.45, 2.75) is 6.92 Å². The van der Waals surface area contributed by atoms with Crippen LogP contribution in [0.25, 0.3) is 0 Å². The van der Waals surface area contributed by atoms with Gasteiger partial charge in [-0.25, -0.2) is 0 Å². The summed E-state index contributed by atoms with van der Waals surface area (Å²) in [6.45, 7) is 1.99. The molecule has 1 aromatic heterocycles. The number of thiocarbonyl (C=S) groups is 1. The first-order valence-electron chi connectivity index (χ1n) is 3.69. The van der Waals surface area contributed by atoms with Crippen LogP contribution in [-0.4, -0.2) is 16.3 Å². The number of nitrogens with two attached hydrogens (primary N) is 1. The molecule has 0 fully saturated rings. The topological polar surface area (TPSA) is 63.3 Å². The van der Waals surface area contributed by atoms with Crippen LogP contribution in [0.15, 0.2) is 23.4 Å². The van der Waals surface area contributed by atoms with Gasteiger partial charge in [0, 0.05) is 6.20 Å². The van der Waals surface area contributed by atoms with Gasteiger partial charge >= 0.3 is 0 Å². The van der Waals surface area contributed by atoms with Crippen molar-refractivity contribution in [3.63, 3.8) is 0 Å². The van der Waals surface area contributed by atoms with Crippen LogP contribution in [0.1, 0.15) is 11.3 Å². The molecule has 0 bridgehead atoms. The summed E-state index contributed by atoms with van der Waals surface area (Å²) < 4.78 is 0. The first-order chi connectivity index (χ1) is 6.18. The minimum atomic E-state index is 0.143. The maximum Gasteiger partial charge on any atom is 0.184 e. The number of nitrogens with one attached hydrogen (secondary N) is 1. The van der Waals surface area contributed by atoms with Gasteiger partial charge in [-0.3, -0.25) is 10.4 Å². The number of hydrazone groups is 1. The van der Waals surface area contributed by atoms with E-state index in [2.05, 4.69) is 27.7 Å². The zero-order valence-corrected chi connectivity index (χ0v) is 8.01. The van der Waals surface area contributed by atoms with Crippen molar-refractivity contribution in [1.82, 2.24) is 10.4 Å². The van der Waals surface area contributed by atoms with Crippen molar-refractivity contribution in [2.75, 3.05) is 0 Å². The smallest absolute Gasteiger partial charge is 0.184 e. The van der Waals surface area contributed by atoms with Crippen LogP contribution in [0.4, 0.5) is 0 Å². The molecular formula is C8H10N4S. The van der Waals surface area contributed by atoms with Crippen molar-refractivity contribution in [1.29, 1.82) is 0 Å².